The van der Waals surface area contributed by atoms with Crippen molar-refractivity contribution in [1.29, 1.82) is 0 Å². The van der Waals surface area contributed by atoms with Crippen molar-refractivity contribution in [2.45, 2.75) is 44.9 Å². The van der Waals surface area contributed by atoms with Crippen LogP contribution in [0.15, 0.2) is 30.6 Å². The normalized spacial score (nSPS) is 18.9. The molecule has 188 valence electrons. The van der Waals surface area contributed by atoms with E-state index in [-0.39, 0.29) is 6.10 Å². The third-order valence-corrected chi connectivity index (χ3v) is 8.04. The molecule has 0 amide bonds. The van der Waals surface area contributed by atoms with Crippen molar-refractivity contribution in [2.75, 3.05) is 51.0 Å². The third kappa shape index (κ3) is 6.00. The maximum Gasteiger partial charge on any atom is 0.140 e. The predicted molar refractivity (Wildman–Crippen MR) is 138 cm³/mol. The average Bonchev–Trinajstić information content (AvgIpc) is 3.49. The zero-order valence-corrected chi connectivity index (χ0v) is 21.9. The molecule has 1 aromatic carbocycles. The number of morpholine rings is 1. The highest BCUT2D eigenvalue weighted by atomic mass is 28.3. The van der Waals surface area contributed by atoms with Gasteiger partial charge in [0, 0.05) is 45.6 Å². The SMILES string of the molecule is C[Si](C)(C)CCOCn1nc2ccc(O[C@@H]3CCOC3)cc2c1-c1cc(N2CCOCC2)ncn1. The second-order valence-electron chi connectivity index (χ2n) is 10.3. The molecule has 2 aromatic heterocycles. The lowest BCUT2D eigenvalue weighted by molar-refractivity contribution is 0.0802. The summed E-state index contributed by atoms with van der Waals surface area (Å²) >= 11 is 0. The van der Waals surface area contributed by atoms with Crippen LogP contribution in [0.3, 0.4) is 0 Å². The van der Waals surface area contributed by atoms with Crippen LogP contribution in [0, 0.1) is 0 Å². The minimum absolute atomic E-state index is 0.0859. The van der Waals surface area contributed by atoms with Crippen LogP contribution < -0.4 is 9.64 Å². The molecule has 0 spiro atoms. The van der Waals surface area contributed by atoms with Crippen LogP contribution >= 0.6 is 0 Å². The molecule has 0 N–H and O–H groups in total. The third-order valence-electron chi connectivity index (χ3n) is 6.34. The minimum atomic E-state index is -1.17. The van der Waals surface area contributed by atoms with Gasteiger partial charge >= 0.3 is 0 Å². The molecule has 0 radical (unpaired) electrons. The van der Waals surface area contributed by atoms with Gasteiger partial charge in [0.25, 0.3) is 0 Å². The second-order valence-corrected chi connectivity index (χ2v) is 16.0. The van der Waals surface area contributed by atoms with Crippen molar-refractivity contribution in [3.8, 4) is 17.1 Å². The standard InChI is InChI=1S/C25H35N5O4Si/c1-35(2,3)13-12-33-18-30-25(23-15-24(27-17-26-23)29-7-10-31-11-8-29)21-14-19(4-5-22(21)28-30)34-20-6-9-32-16-20/h4-5,14-15,17,20H,6-13,16,18H2,1-3H3/t20-/m1/s1. The van der Waals surface area contributed by atoms with Gasteiger partial charge in [-0.15, -0.1) is 0 Å². The first kappa shape index (κ1) is 24.2. The lowest BCUT2D eigenvalue weighted by Gasteiger charge is -2.27. The monoisotopic (exact) mass is 497 g/mol. The van der Waals surface area contributed by atoms with Crippen LogP contribution in [-0.2, 0) is 20.9 Å². The number of hydrogen-bond donors (Lipinski definition) is 0. The average molecular weight is 498 g/mol. The van der Waals surface area contributed by atoms with Crippen LogP contribution in [-0.4, -0.2) is 80.1 Å². The Hall–Kier alpha value is -2.53. The highest BCUT2D eigenvalue weighted by Gasteiger charge is 2.21. The Morgan fingerprint density at radius 2 is 1.91 bits per heavy atom. The Kier molecular flexibility index (Phi) is 7.33. The summed E-state index contributed by atoms with van der Waals surface area (Å²) < 4.78 is 25.2. The maximum atomic E-state index is 6.19. The van der Waals surface area contributed by atoms with E-state index < -0.39 is 8.07 Å². The molecule has 35 heavy (non-hydrogen) atoms. The van der Waals surface area contributed by atoms with Crippen molar-refractivity contribution in [3.63, 3.8) is 0 Å². The highest BCUT2D eigenvalue weighted by Crippen LogP contribution is 2.32. The Morgan fingerprint density at radius 1 is 1.06 bits per heavy atom. The fourth-order valence-corrected chi connectivity index (χ4v) is 5.07. The van der Waals surface area contributed by atoms with E-state index in [2.05, 4.69) is 40.6 Å². The van der Waals surface area contributed by atoms with Gasteiger partial charge in [0.05, 0.1) is 43.3 Å². The fraction of sp³-hybridized carbons (Fsp3) is 0.560. The van der Waals surface area contributed by atoms with Crippen LogP contribution in [0.4, 0.5) is 5.82 Å². The molecule has 10 heteroatoms. The largest absolute Gasteiger partial charge is 0.488 e. The van der Waals surface area contributed by atoms with Gasteiger partial charge in [0.15, 0.2) is 0 Å². The van der Waals surface area contributed by atoms with Gasteiger partial charge in [-0.2, -0.15) is 5.10 Å². The number of anilines is 1. The molecule has 9 nitrogen and oxygen atoms in total. The van der Waals surface area contributed by atoms with Gasteiger partial charge in [0.2, 0.25) is 0 Å². The van der Waals surface area contributed by atoms with E-state index in [1.54, 1.807) is 6.33 Å². The molecule has 2 aliphatic heterocycles. The van der Waals surface area contributed by atoms with Gasteiger partial charge in [-0.05, 0) is 24.2 Å². The van der Waals surface area contributed by atoms with Crippen LogP contribution in [0.25, 0.3) is 22.3 Å². The number of rotatable bonds is 9. The van der Waals surface area contributed by atoms with E-state index in [0.717, 1.165) is 72.6 Å². The summed E-state index contributed by atoms with van der Waals surface area (Å²) in [4.78, 5) is 11.4. The quantitative estimate of drug-likeness (QED) is 0.326. The zero-order chi connectivity index (χ0) is 24.3. The summed E-state index contributed by atoms with van der Waals surface area (Å²) in [5, 5.41) is 5.85. The van der Waals surface area contributed by atoms with Gasteiger partial charge < -0.3 is 23.8 Å². The van der Waals surface area contributed by atoms with E-state index in [1.807, 2.05) is 22.9 Å². The van der Waals surface area contributed by atoms with E-state index in [0.29, 0.717) is 26.6 Å². The van der Waals surface area contributed by atoms with E-state index in [4.69, 9.17) is 24.0 Å². The topological polar surface area (TPSA) is 83.8 Å². The van der Waals surface area contributed by atoms with E-state index >= 15 is 0 Å². The van der Waals surface area contributed by atoms with Crippen molar-refractivity contribution in [2.24, 2.45) is 0 Å². The molecule has 0 unspecified atom stereocenters. The van der Waals surface area contributed by atoms with E-state index in [9.17, 15) is 0 Å². The summed E-state index contributed by atoms with van der Waals surface area (Å²) in [5.41, 5.74) is 2.62. The number of nitrogens with zero attached hydrogens (tertiary/aromatic N) is 5. The van der Waals surface area contributed by atoms with Crippen molar-refractivity contribution < 1.29 is 18.9 Å². The molecule has 2 saturated heterocycles. The Bertz CT molecular complexity index is 1140. The van der Waals surface area contributed by atoms with Crippen LogP contribution in [0.1, 0.15) is 6.42 Å². The number of ether oxygens (including phenoxy) is 4. The molecule has 3 aromatic rings. The van der Waals surface area contributed by atoms with Gasteiger partial charge in [-0.1, -0.05) is 19.6 Å². The summed E-state index contributed by atoms with van der Waals surface area (Å²) in [5.74, 6) is 1.71. The highest BCUT2D eigenvalue weighted by molar-refractivity contribution is 6.76. The molecular weight excluding hydrogens is 462 g/mol. The predicted octanol–water partition coefficient (Wildman–Crippen LogP) is 3.81. The van der Waals surface area contributed by atoms with Crippen molar-refractivity contribution in [1.82, 2.24) is 19.7 Å². The summed E-state index contributed by atoms with van der Waals surface area (Å²) in [6.45, 7) is 12.6. The van der Waals surface area contributed by atoms with E-state index in [1.165, 1.54) is 0 Å². The second kappa shape index (κ2) is 10.6. The number of hydrogen-bond acceptors (Lipinski definition) is 8. The molecule has 2 aliphatic rings. The first-order valence-corrected chi connectivity index (χ1v) is 16.1. The lowest BCUT2D eigenvalue weighted by atomic mass is 10.1. The molecule has 0 aliphatic carbocycles. The Labute approximate surface area is 207 Å². The summed E-state index contributed by atoms with van der Waals surface area (Å²) in [6, 6.07) is 9.20. The molecule has 0 saturated carbocycles. The Morgan fingerprint density at radius 3 is 2.69 bits per heavy atom. The minimum Gasteiger partial charge on any atom is -0.488 e. The van der Waals surface area contributed by atoms with Crippen molar-refractivity contribution >= 4 is 24.8 Å². The van der Waals surface area contributed by atoms with Crippen LogP contribution in [0.5, 0.6) is 5.75 Å². The molecule has 0 bridgehead atoms. The molecular formula is C25H35N5O4Si. The first-order chi connectivity index (χ1) is 17.0. The smallest absolute Gasteiger partial charge is 0.140 e. The van der Waals surface area contributed by atoms with Crippen LogP contribution in [0.2, 0.25) is 25.7 Å². The van der Waals surface area contributed by atoms with Gasteiger partial charge in [0.1, 0.15) is 30.7 Å². The zero-order valence-electron chi connectivity index (χ0n) is 20.9. The van der Waals surface area contributed by atoms with Gasteiger partial charge in [-0.25, -0.2) is 14.6 Å². The lowest BCUT2D eigenvalue weighted by Crippen LogP contribution is -2.36. The molecule has 1 atom stereocenters. The molecule has 5 rings (SSSR count). The number of fused-ring (bicyclic) bond motifs is 1. The molecule has 4 heterocycles. The van der Waals surface area contributed by atoms with Gasteiger partial charge in [-0.3, -0.25) is 0 Å². The fourth-order valence-electron chi connectivity index (χ4n) is 4.32. The maximum absolute atomic E-state index is 6.19. The summed E-state index contributed by atoms with van der Waals surface area (Å²) in [6.07, 6.45) is 2.62. The number of benzene rings is 1. The number of aromatic nitrogens is 4. The molecule has 2 fully saturated rings. The summed E-state index contributed by atoms with van der Waals surface area (Å²) in [7, 11) is -1.17. The Balaban J connectivity index is 1.48. The first-order valence-electron chi connectivity index (χ1n) is 12.4. The van der Waals surface area contributed by atoms with Crippen molar-refractivity contribution in [3.05, 3.63) is 30.6 Å².